The monoisotopic (exact) mass is 484 g/mol. The van der Waals surface area contributed by atoms with E-state index in [0.29, 0.717) is 11.1 Å². The van der Waals surface area contributed by atoms with Gasteiger partial charge in [-0.15, -0.1) is 0 Å². The van der Waals surface area contributed by atoms with E-state index in [4.69, 9.17) is 6.57 Å². The van der Waals surface area contributed by atoms with Crippen LogP contribution < -0.4 is 5.32 Å². The lowest BCUT2D eigenvalue weighted by atomic mass is 9.95. The zero-order chi connectivity index (χ0) is 25.0. The first-order valence-electron chi connectivity index (χ1n) is 8.56. The van der Waals surface area contributed by atoms with E-state index in [1.54, 1.807) is 0 Å². The molecule has 33 heavy (non-hydrogen) atoms. The lowest BCUT2D eigenvalue weighted by molar-refractivity contribution is -0.172. The fourth-order valence-electron chi connectivity index (χ4n) is 2.99. The van der Waals surface area contributed by atoms with Crippen molar-refractivity contribution < 1.29 is 44.3 Å². The zero-order valence-electron chi connectivity index (χ0n) is 16.0. The van der Waals surface area contributed by atoms with Gasteiger partial charge in [0.1, 0.15) is 11.3 Å². The van der Waals surface area contributed by atoms with Crippen molar-refractivity contribution in [1.29, 1.82) is 0 Å². The lowest BCUT2D eigenvalue weighted by Crippen LogP contribution is -2.50. The summed E-state index contributed by atoms with van der Waals surface area (Å²) in [4.78, 5) is 21.4. The Bertz CT molecular complexity index is 1140. The van der Waals surface area contributed by atoms with Crippen LogP contribution in [0.5, 0.6) is 0 Å². The van der Waals surface area contributed by atoms with Crippen LogP contribution in [0, 0.1) is 6.57 Å². The summed E-state index contributed by atoms with van der Waals surface area (Å²) in [5.41, 5.74) is -6.02. The average molecular weight is 484 g/mol. The molecule has 0 unspecified atom stereocenters. The lowest BCUT2D eigenvalue weighted by Gasteiger charge is -2.26. The van der Waals surface area contributed by atoms with Gasteiger partial charge in [-0.1, -0.05) is 6.07 Å². The topological polar surface area (TPSA) is 73.8 Å². The smallest absolute Gasteiger partial charge is 0.287 e. The van der Waals surface area contributed by atoms with Crippen molar-refractivity contribution >= 4 is 34.8 Å². The van der Waals surface area contributed by atoms with Crippen molar-refractivity contribution in [2.45, 2.75) is 37.4 Å². The molecular formula is C17H9F9N6O. The maximum Gasteiger partial charge on any atom is 0.471 e. The van der Waals surface area contributed by atoms with Crippen LogP contribution in [0.4, 0.5) is 50.9 Å². The van der Waals surface area contributed by atoms with Crippen molar-refractivity contribution in [2.24, 2.45) is 15.1 Å². The molecule has 0 radical (unpaired) electrons. The fraction of sp³-hybridized carbons (Fsp3) is 0.353. The number of hydrazone groups is 1. The van der Waals surface area contributed by atoms with Crippen LogP contribution in [-0.2, 0) is 11.0 Å². The summed E-state index contributed by atoms with van der Waals surface area (Å²) in [5, 5.41) is 4.86. The number of amides is 1. The SMILES string of the molecule is [C-]#[N+]c1ccc(N=C2N=C(NC(=O)C(F)(F)F)N3N=C(C(F)(F)F)C[C@]23C)cc1C(F)(F)F. The van der Waals surface area contributed by atoms with Gasteiger partial charge < -0.3 is 0 Å². The number of benzene rings is 1. The van der Waals surface area contributed by atoms with E-state index < -0.39 is 70.8 Å². The highest BCUT2D eigenvalue weighted by molar-refractivity contribution is 6.16. The first-order valence-corrected chi connectivity index (χ1v) is 8.56. The zero-order valence-corrected chi connectivity index (χ0v) is 16.0. The molecule has 0 aliphatic carbocycles. The van der Waals surface area contributed by atoms with Gasteiger partial charge in [0, 0.05) is 6.42 Å². The number of carbonyl (C=O) groups excluding carboxylic acids is 1. The number of alkyl halides is 9. The van der Waals surface area contributed by atoms with E-state index in [2.05, 4.69) is 19.9 Å². The summed E-state index contributed by atoms with van der Waals surface area (Å²) in [7, 11) is 0. The van der Waals surface area contributed by atoms with Crippen molar-refractivity contribution in [3.8, 4) is 0 Å². The maximum absolute atomic E-state index is 13.2. The quantitative estimate of drug-likeness (QED) is 0.463. The third-order valence-electron chi connectivity index (χ3n) is 4.55. The summed E-state index contributed by atoms with van der Waals surface area (Å²) in [6, 6.07) is 2.16. The number of rotatable bonds is 1. The summed E-state index contributed by atoms with van der Waals surface area (Å²) in [5.74, 6) is -4.22. The molecule has 0 fully saturated rings. The molecular weight excluding hydrogens is 475 g/mol. The first-order chi connectivity index (χ1) is 15.0. The Hall–Kier alpha value is -3.64. The minimum atomic E-state index is -5.41. The largest absolute Gasteiger partial charge is 0.471 e. The van der Waals surface area contributed by atoms with Gasteiger partial charge in [-0.3, -0.25) is 10.1 Å². The standard InChI is InChI=1S/C17H9F9N6O/c1-14-6-10(16(21,22)23)31-32(14)13(30-12(33)17(24,25)26)29-11(14)28-7-3-4-9(27-2)8(5-7)15(18,19)20/h3-5H,6H2,1H3,(H,28,29,30,33)/t14-/m1/s1. The molecule has 0 saturated heterocycles. The highest BCUT2D eigenvalue weighted by Crippen LogP contribution is 2.42. The second kappa shape index (κ2) is 7.46. The Morgan fingerprint density at radius 2 is 1.79 bits per heavy atom. The molecule has 1 aromatic rings. The predicted octanol–water partition coefficient (Wildman–Crippen LogP) is 4.72. The Labute approximate surface area is 178 Å². The highest BCUT2D eigenvalue weighted by atomic mass is 19.4. The van der Waals surface area contributed by atoms with Crippen LogP contribution >= 0.6 is 0 Å². The minimum absolute atomic E-state index is 0.371. The normalized spacial score (nSPS) is 22.1. The Kier molecular flexibility index (Phi) is 5.43. The molecule has 3 rings (SSSR count). The van der Waals surface area contributed by atoms with Gasteiger partial charge in [0.15, 0.2) is 11.5 Å². The summed E-state index contributed by atoms with van der Waals surface area (Å²) in [6.07, 6.45) is -16.3. The van der Waals surface area contributed by atoms with Gasteiger partial charge >= 0.3 is 24.4 Å². The Morgan fingerprint density at radius 3 is 2.30 bits per heavy atom. The van der Waals surface area contributed by atoms with Crippen LogP contribution in [0.3, 0.4) is 0 Å². The summed E-state index contributed by atoms with van der Waals surface area (Å²) < 4.78 is 117. The summed E-state index contributed by atoms with van der Waals surface area (Å²) in [6.45, 7) is 7.87. The van der Waals surface area contributed by atoms with E-state index in [1.165, 1.54) is 5.32 Å². The maximum atomic E-state index is 13.2. The molecule has 0 bridgehead atoms. The van der Waals surface area contributed by atoms with E-state index in [1.807, 2.05) is 0 Å². The van der Waals surface area contributed by atoms with E-state index >= 15 is 0 Å². The Balaban J connectivity index is 2.11. The number of guanidine groups is 1. The molecule has 1 aromatic carbocycles. The average Bonchev–Trinajstić information content (AvgIpc) is 3.14. The van der Waals surface area contributed by atoms with E-state index in [9.17, 15) is 44.3 Å². The van der Waals surface area contributed by atoms with E-state index in [0.717, 1.165) is 19.1 Å². The number of amidine groups is 1. The van der Waals surface area contributed by atoms with Gasteiger partial charge in [-0.05, 0) is 19.1 Å². The third-order valence-corrected chi connectivity index (χ3v) is 4.55. The number of carbonyl (C=O) groups is 1. The second-order valence-electron chi connectivity index (χ2n) is 6.94. The third kappa shape index (κ3) is 4.47. The minimum Gasteiger partial charge on any atom is -0.287 e. The molecule has 2 aliphatic rings. The van der Waals surface area contributed by atoms with Gasteiger partial charge in [0.2, 0.25) is 5.96 Å². The van der Waals surface area contributed by atoms with Crippen LogP contribution in [0.1, 0.15) is 18.9 Å². The highest BCUT2D eigenvalue weighted by Gasteiger charge is 2.56. The number of halogens is 9. The number of nitrogens with one attached hydrogen (secondary N) is 1. The van der Waals surface area contributed by atoms with Gasteiger partial charge in [-0.25, -0.2) is 14.8 Å². The van der Waals surface area contributed by atoms with Crippen molar-refractivity contribution in [1.82, 2.24) is 10.3 Å². The molecule has 2 aliphatic heterocycles. The molecule has 0 saturated carbocycles. The Morgan fingerprint density at radius 1 is 1.15 bits per heavy atom. The molecule has 16 heteroatoms. The van der Waals surface area contributed by atoms with Gasteiger partial charge in [-0.2, -0.15) is 49.6 Å². The van der Waals surface area contributed by atoms with E-state index in [-0.39, 0.29) is 0 Å². The molecule has 7 nitrogen and oxygen atoms in total. The number of hydrogen-bond donors (Lipinski definition) is 1. The van der Waals surface area contributed by atoms with Gasteiger partial charge in [0.25, 0.3) is 0 Å². The number of fused-ring (bicyclic) bond motifs is 1. The predicted molar refractivity (Wildman–Crippen MR) is 94.8 cm³/mol. The van der Waals surface area contributed by atoms with Crippen molar-refractivity contribution in [3.05, 3.63) is 35.2 Å². The number of nitrogens with zero attached hydrogens (tertiary/aromatic N) is 5. The second-order valence-corrected chi connectivity index (χ2v) is 6.94. The molecule has 0 spiro atoms. The molecule has 176 valence electrons. The molecule has 1 amide bonds. The number of hydrogen-bond acceptors (Lipinski definition) is 4. The van der Waals surface area contributed by atoms with Crippen molar-refractivity contribution in [3.63, 3.8) is 0 Å². The molecule has 1 N–H and O–H groups in total. The van der Waals surface area contributed by atoms with Crippen LogP contribution in [0.2, 0.25) is 0 Å². The van der Waals surface area contributed by atoms with Crippen LogP contribution in [-0.4, -0.2) is 46.3 Å². The molecule has 2 heterocycles. The summed E-state index contributed by atoms with van der Waals surface area (Å²) >= 11 is 0. The van der Waals surface area contributed by atoms with Gasteiger partial charge in [0.05, 0.1) is 17.8 Å². The molecule has 1 atom stereocenters. The first kappa shape index (κ1) is 24.0. The number of aliphatic imine (C=N–C) groups is 2. The van der Waals surface area contributed by atoms with Crippen molar-refractivity contribution in [2.75, 3.05) is 0 Å². The fourth-order valence-corrected chi connectivity index (χ4v) is 2.99. The molecule has 0 aromatic heterocycles. The van der Waals surface area contributed by atoms with Crippen LogP contribution in [0.25, 0.3) is 4.85 Å². The van der Waals surface area contributed by atoms with Crippen LogP contribution in [0.15, 0.2) is 33.3 Å².